The Balaban J connectivity index is 1.89. The number of aromatic nitrogens is 2. The van der Waals surface area contributed by atoms with Gasteiger partial charge in [-0.05, 0) is 23.1 Å². The molecule has 0 N–H and O–H groups in total. The van der Waals surface area contributed by atoms with Crippen molar-refractivity contribution >= 4 is 34.0 Å². The topological polar surface area (TPSA) is 38.9 Å². The molecule has 19 heavy (non-hydrogen) atoms. The average Bonchev–Trinajstić information content (AvgIpc) is 3.11. The van der Waals surface area contributed by atoms with Gasteiger partial charge in [0.2, 0.25) is 5.82 Å². The summed E-state index contributed by atoms with van der Waals surface area (Å²) < 4.78 is 5.17. The Labute approximate surface area is 119 Å². The van der Waals surface area contributed by atoms with Gasteiger partial charge in [0.15, 0.2) is 0 Å². The second-order valence-electron chi connectivity index (χ2n) is 3.80. The molecule has 0 fully saturated rings. The lowest BCUT2D eigenvalue weighted by Gasteiger charge is -1.92. The Morgan fingerprint density at radius 3 is 2.74 bits per heavy atom. The minimum Gasteiger partial charge on any atom is -0.333 e. The van der Waals surface area contributed by atoms with Crippen molar-refractivity contribution in [3.8, 4) is 10.7 Å². The Morgan fingerprint density at radius 1 is 1.16 bits per heavy atom. The van der Waals surface area contributed by atoms with Gasteiger partial charge >= 0.3 is 0 Å². The molecule has 0 spiro atoms. The zero-order valence-electron chi connectivity index (χ0n) is 9.79. The summed E-state index contributed by atoms with van der Waals surface area (Å²) in [4.78, 5) is 5.24. The quantitative estimate of drug-likeness (QED) is 0.710. The molecule has 2 aromatic heterocycles. The Kier molecular flexibility index (Phi) is 3.44. The summed E-state index contributed by atoms with van der Waals surface area (Å²) in [6.45, 7) is 0. The number of rotatable bonds is 3. The lowest BCUT2D eigenvalue weighted by Crippen LogP contribution is -1.79. The van der Waals surface area contributed by atoms with Gasteiger partial charge in [-0.15, -0.1) is 11.3 Å². The van der Waals surface area contributed by atoms with Crippen LogP contribution in [-0.4, -0.2) is 10.1 Å². The van der Waals surface area contributed by atoms with Crippen LogP contribution in [0.25, 0.3) is 21.8 Å². The van der Waals surface area contributed by atoms with Crippen LogP contribution in [0.3, 0.4) is 0 Å². The summed E-state index contributed by atoms with van der Waals surface area (Å²) in [5, 5.41) is 6.32. The van der Waals surface area contributed by atoms with Gasteiger partial charge in [-0.3, -0.25) is 0 Å². The van der Waals surface area contributed by atoms with E-state index < -0.39 is 0 Å². The van der Waals surface area contributed by atoms with Crippen LogP contribution in [0.1, 0.15) is 11.5 Å². The van der Waals surface area contributed by atoms with Crippen molar-refractivity contribution in [1.29, 1.82) is 0 Å². The van der Waals surface area contributed by atoms with Crippen molar-refractivity contribution in [2.75, 3.05) is 0 Å². The summed E-state index contributed by atoms with van der Waals surface area (Å²) in [5.74, 6) is 0.888. The molecule has 0 aliphatic heterocycles. The van der Waals surface area contributed by atoms with E-state index in [0.29, 0.717) is 16.7 Å². The summed E-state index contributed by atoms with van der Waals surface area (Å²) >= 11 is 7.74. The molecule has 1 aromatic carbocycles. The van der Waals surface area contributed by atoms with Gasteiger partial charge in [0.1, 0.15) is 5.03 Å². The molecule has 0 aliphatic rings. The van der Waals surface area contributed by atoms with E-state index in [1.165, 1.54) is 0 Å². The third-order valence-corrected chi connectivity index (χ3v) is 3.60. The van der Waals surface area contributed by atoms with E-state index >= 15 is 0 Å². The van der Waals surface area contributed by atoms with Crippen molar-refractivity contribution < 1.29 is 4.52 Å². The van der Waals surface area contributed by atoms with Crippen molar-refractivity contribution in [2.24, 2.45) is 0 Å². The second-order valence-corrected chi connectivity index (χ2v) is 5.16. The van der Waals surface area contributed by atoms with E-state index in [4.69, 9.17) is 16.1 Å². The normalized spacial score (nSPS) is 11.7. The molecular formula is C14H9ClN2OS. The van der Waals surface area contributed by atoms with Gasteiger partial charge < -0.3 is 4.52 Å². The molecule has 0 atom stereocenters. The molecule has 0 unspecified atom stereocenters. The largest absolute Gasteiger partial charge is 0.333 e. The number of benzene rings is 1. The molecule has 0 saturated heterocycles. The van der Waals surface area contributed by atoms with E-state index in [0.717, 1.165) is 10.4 Å². The van der Waals surface area contributed by atoms with Gasteiger partial charge in [0, 0.05) is 0 Å². The monoisotopic (exact) mass is 288 g/mol. The zero-order chi connectivity index (χ0) is 13.1. The minimum absolute atomic E-state index is 0.328. The molecule has 0 aliphatic carbocycles. The van der Waals surface area contributed by atoms with Gasteiger partial charge in [-0.2, -0.15) is 4.98 Å². The molecule has 0 saturated carbocycles. The first-order valence-corrected chi connectivity index (χ1v) is 6.89. The molecular weight excluding hydrogens is 280 g/mol. The van der Waals surface area contributed by atoms with Crippen LogP contribution >= 0.6 is 22.9 Å². The predicted molar refractivity (Wildman–Crippen MR) is 77.8 cm³/mol. The van der Waals surface area contributed by atoms with E-state index in [1.807, 2.05) is 47.8 Å². The van der Waals surface area contributed by atoms with Crippen LogP contribution in [-0.2, 0) is 0 Å². The predicted octanol–water partition coefficient (Wildman–Crippen LogP) is 4.54. The zero-order valence-corrected chi connectivity index (χ0v) is 11.4. The maximum atomic E-state index is 6.18. The first kappa shape index (κ1) is 12.1. The number of thiophene rings is 1. The number of hydrogen-bond acceptors (Lipinski definition) is 4. The molecule has 5 heteroatoms. The molecule has 0 radical (unpaired) electrons. The first-order chi connectivity index (χ1) is 9.33. The number of hydrogen-bond donors (Lipinski definition) is 0. The van der Waals surface area contributed by atoms with Crippen LogP contribution in [0.4, 0.5) is 0 Å². The highest BCUT2D eigenvalue weighted by atomic mass is 35.5. The van der Waals surface area contributed by atoms with Gasteiger partial charge in [-0.1, -0.05) is 53.2 Å². The third kappa shape index (κ3) is 2.75. The van der Waals surface area contributed by atoms with Crippen molar-refractivity contribution in [3.63, 3.8) is 0 Å². The molecule has 3 aromatic rings. The fourth-order valence-electron chi connectivity index (χ4n) is 1.58. The molecule has 0 amide bonds. The lowest BCUT2D eigenvalue weighted by molar-refractivity contribution is 0.410. The second kappa shape index (κ2) is 5.38. The van der Waals surface area contributed by atoms with Crippen LogP contribution < -0.4 is 0 Å². The highest BCUT2D eigenvalue weighted by molar-refractivity contribution is 7.13. The number of nitrogens with zero attached hydrogens (tertiary/aromatic N) is 2. The van der Waals surface area contributed by atoms with E-state index in [9.17, 15) is 0 Å². The fourth-order valence-corrected chi connectivity index (χ4v) is 2.44. The SMILES string of the molecule is Cl/C(=C\c1ccccc1)c1nc(-c2cccs2)no1. The van der Waals surface area contributed by atoms with Gasteiger partial charge in [-0.25, -0.2) is 0 Å². The van der Waals surface area contributed by atoms with Crippen LogP contribution in [0.15, 0.2) is 52.4 Å². The summed E-state index contributed by atoms with van der Waals surface area (Å²) in [6.07, 6.45) is 1.80. The maximum absolute atomic E-state index is 6.18. The Morgan fingerprint density at radius 2 is 2.00 bits per heavy atom. The van der Waals surface area contributed by atoms with Crippen LogP contribution in [0.5, 0.6) is 0 Å². The molecule has 0 bridgehead atoms. The molecule has 2 heterocycles. The highest BCUT2D eigenvalue weighted by Crippen LogP contribution is 2.26. The smallest absolute Gasteiger partial charge is 0.269 e. The molecule has 94 valence electrons. The maximum Gasteiger partial charge on any atom is 0.269 e. The van der Waals surface area contributed by atoms with Gasteiger partial charge in [0.25, 0.3) is 5.89 Å². The van der Waals surface area contributed by atoms with E-state index in [1.54, 1.807) is 17.4 Å². The fraction of sp³-hybridized carbons (Fsp3) is 0. The first-order valence-electron chi connectivity index (χ1n) is 5.63. The van der Waals surface area contributed by atoms with Crippen molar-refractivity contribution in [1.82, 2.24) is 10.1 Å². The van der Waals surface area contributed by atoms with Crippen molar-refractivity contribution in [3.05, 3.63) is 59.3 Å². The standard InChI is InChI=1S/C14H9ClN2OS/c15-11(9-10-5-2-1-3-6-10)14-16-13(17-18-14)12-7-4-8-19-12/h1-9H/b11-9-. The Hall–Kier alpha value is -1.91. The van der Waals surface area contributed by atoms with Gasteiger partial charge in [0.05, 0.1) is 4.88 Å². The Bertz CT molecular complexity index is 689. The summed E-state index contributed by atoms with van der Waals surface area (Å²) in [5.41, 5.74) is 0.989. The third-order valence-electron chi connectivity index (χ3n) is 2.46. The lowest BCUT2D eigenvalue weighted by atomic mass is 10.2. The average molecular weight is 289 g/mol. The van der Waals surface area contributed by atoms with E-state index in [-0.39, 0.29) is 0 Å². The summed E-state index contributed by atoms with van der Waals surface area (Å²) in [6, 6.07) is 13.6. The summed E-state index contributed by atoms with van der Waals surface area (Å²) in [7, 11) is 0. The number of halogens is 1. The minimum atomic E-state index is 0.328. The molecule has 3 nitrogen and oxygen atoms in total. The highest BCUT2D eigenvalue weighted by Gasteiger charge is 2.11. The molecule has 3 rings (SSSR count). The van der Waals surface area contributed by atoms with Crippen LogP contribution in [0, 0.1) is 0 Å². The van der Waals surface area contributed by atoms with Crippen LogP contribution in [0.2, 0.25) is 0 Å². The van der Waals surface area contributed by atoms with Crippen molar-refractivity contribution in [2.45, 2.75) is 0 Å². The van der Waals surface area contributed by atoms with E-state index in [2.05, 4.69) is 10.1 Å².